The Labute approximate surface area is 122 Å². The van der Waals surface area contributed by atoms with Crippen molar-refractivity contribution in [3.63, 3.8) is 0 Å². The molecule has 21 heavy (non-hydrogen) atoms. The first-order valence-electron chi connectivity index (χ1n) is 6.52. The summed E-state index contributed by atoms with van der Waals surface area (Å²) >= 11 is 0. The number of nitrogens with two attached hydrogens (primary N) is 1. The molecular formula is C13H18F2N2O3S. The number of halogens is 2. The van der Waals surface area contributed by atoms with Gasteiger partial charge in [0.05, 0.1) is 5.60 Å². The normalized spacial score (nSPS) is 22.2. The molecule has 1 heterocycles. The summed E-state index contributed by atoms with van der Waals surface area (Å²) in [6, 6.07) is 1.33. The van der Waals surface area contributed by atoms with Gasteiger partial charge in [0, 0.05) is 12.6 Å². The number of nitrogen functional groups attached to an aromatic ring is 1. The second-order valence-electron chi connectivity index (χ2n) is 5.69. The van der Waals surface area contributed by atoms with Crippen molar-refractivity contribution in [3.8, 4) is 0 Å². The highest BCUT2D eigenvalue weighted by molar-refractivity contribution is 7.89. The van der Waals surface area contributed by atoms with E-state index < -0.39 is 37.8 Å². The number of nitrogens with one attached hydrogen (secondary N) is 1. The van der Waals surface area contributed by atoms with Crippen LogP contribution in [-0.2, 0) is 14.8 Å². The third-order valence-electron chi connectivity index (χ3n) is 3.40. The van der Waals surface area contributed by atoms with Crippen LogP contribution in [0.3, 0.4) is 0 Å². The molecule has 0 aliphatic carbocycles. The first-order chi connectivity index (χ1) is 9.62. The summed E-state index contributed by atoms with van der Waals surface area (Å²) in [5.41, 5.74) is 3.94. The summed E-state index contributed by atoms with van der Waals surface area (Å²) in [7, 11) is -4.11. The lowest BCUT2D eigenvalue weighted by atomic mass is 9.95. The lowest BCUT2D eigenvalue weighted by Gasteiger charge is -2.35. The first-order valence-corrected chi connectivity index (χ1v) is 8.00. The Morgan fingerprint density at radius 3 is 2.67 bits per heavy atom. The van der Waals surface area contributed by atoms with E-state index in [0.29, 0.717) is 19.4 Å². The number of ether oxygens (including phenoxy) is 1. The van der Waals surface area contributed by atoms with Crippen LogP contribution in [0, 0.1) is 11.6 Å². The van der Waals surface area contributed by atoms with Crippen LogP contribution in [0.15, 0.2) is 17.0 Å². The summed E-state index contributed by atoms with van der Waals surface area (Å²) in [5.74, 6) is -2.26. The Kier molecular flexibility index (Phi) is 4.23. The first kappa shape index (κ1) is 16.1. The third kappa shape index (κ3) is 3.50. The van der Waals surface area contributed by atoms with Gasteiger partial charge in [0.2, 0.25) is 10.0 Å². The minimum atomic E-state index is -4.11. The Morgan fingerprint density at radius 1 is 1.38 bits per heavy atom. The van der Waals surface area contributed by atoms with Crippen molar-refractivity contribution in [3.05, 3.63) is 23.8 Å². The fourth-order valence-electron chi connectivity index (χ4n) is 2.37. The van der Waals surface area contributed by atoms with Crippen molar-refractivity contribution < 1.29 is 21.9 Å². The van der Waals surface area contributed by atoms with Crippen LogP contribution < -0.4 is 10.5 Å². The van der Waals surface area contributed by atoms with Gasteiger partial charge in [0.1, 0.15) is 16.4 Å². The van der Waals surface area contributed by atoms with Crippen molar-refractivity contribution in [2.45, 2.75) is 43.2 Å². The summed E-state index contributed by atoms with van der Waals surface area (Å²) in [4.78, 5) is -0.648. The largest absolute Gasteiger partial charge is 0.394 e. The predicted molar refractivity (Wildman–Crippen MR) is 74.1 cm³/mol. The van der Waals surface area contributed by atoms with Crippen molar-refractivity contribution in [1.29, 1.82) is 0 Å². The van der Waals surface area contributed by atoms with Crippen LogP contribution in [0.1, 0.15) is 26.7 Å². The van der Waals surface area contributed by atoms with E-state index in [-0.39, 0.29) is 6.04 Å². The highest BCUT2D eigenvalue weighted by Gasteiger charge is 2.33. The molecule has 8 heteroatoms. The van der Waals surface area contributed by atoms with E-state index in [1.54, 1.807) is 0 Å². The minimum absolute atomic E-state index is 0.371. The van der Waals surface area contributed by atoms with E-state index in [2.05, 4.69) is 4.72 Å². The molecule has 1 atom stereocenters. The van der Waals surface area contributed by atoms with Gasteiger partial charge in [-0.2, -0.15) is 0 Å². The maximum Gasteiger partial charge on any atom is 0.243 e. The zero-order chi connectivity index (χ0) is 15.8. The van der Waals surface area contributed by atoms with Gasteiger partial charge in [-0.3, -0.25) is 0 Å². The minimum Gasteiger partial charge on any atom is -0.394 e. The summed E-state index contributed by atoms with van der Waals surface area (Å²) in [5, 5.41) is 0. The summed E-state index contributed by atoms with van der Waals surface area (Å²) < 4.78 is 59.3. The maximum atomic E-state index is 13.9. The van der Waals surface area contributed by atoms with Crippen LogP contribution in [0.2, 0.25) is 0 Å². The quantitative estimate of drug-likeness (QED) is 0.832. The Morgan fingerprint density at radius 2 is 2.05 bits per heavy atom. The zero-order valence-corrected chi connectivity index (χ0v) is 12.6. The van der Waals surface area contributed by atoms with E-state index in [4.69, 9.17) is 10.5 Å². The molecule has 3 N–H and O–H groups in total. The zero-order valence-electron chi connectivity index (χ0n) is 11.8. The summed E-state index contributed by atoms with van der Waals surface area (Å²) in [6.45, 7) is 4.11. The average molecular weight is 320 g/mol. The van der Waals surface area contributed by atoms with E-state index in [0.717, 1.165) is 12.1 Å². The van der Waals surface area contributed by atoms with Gasteiger partial charge in [-0.15, -0.1) is 0 Å². The molecule has 2 rings (SSSR count). The van der Waals surface area contributed by atoms with E-state index in [1.807, 2.05) is 13.8 Å². The highest BCUT2D eigenvalue weighted by atomic mass is 32.2. The predicted octanol–water partition coefficient (Wildman–Crippen LogP) is 1.78. The molecule has 0 spiro atoms. The number of sulfonamides is 1. The molecule has 0 bridgehead atoms. The van der Waals surface area contributed by atoms with Crippen molar-refractivity contribution in [1.82, 2.24) is 4.72 Å². The fourth-order valence-corrected chi connectivity index (χ4v) is 3.73. The van der Waals surface area contributed by atoms with Gasteiger partial charge in [-0.1, -0.05) is 0 Å². The van der Waals surface area contributed by atoms with E-state index in [9.17, 15) is 17.2 Å². The molecule has 1 aliphatic rings. The van der Waals surface area contributed by atoms with Gasteiger partial charge in [0.25, 0.3) is 0 Å². The highest BCUT2D eigenvalue weighted by Crippen LogP contribution is 2.27. The molecule has 1 aliphatic heterocycles. The van der Waals surface area contributed by atoms with Crippen molar-refractivity contribution >= 4 is 15.7 Å². The summed E-state index contributed by atoms with van der Waals surface area (Å²) in [6.07, 6.45) is 0.950. The van der Waals surface area contributed by atoms with Crippen LogP contribution in [0.5, 0.6) is 0 Å². The number of hydrogen-bond acceptors (Lipinski definition) is 4. The number of benzene rings is 1. The second kappa shape index (κ2) is 5.51. The molecule has 1 unspecified atom stereocenters. The lowest BCUT2D eigenvalue weighted by Crippen LogP contribution is -2.45. The average Bonchev–Trinajstić information content (AvgIpc) is 2.33. The van der Waals surface area contributed by atoms with E-state index >= 15 is 0 Å². The van der Waals surface area contributed by atoms with Crippen LogP contribution in [0.25, 0.3) is 0 Å². The molecular weight excluding hydrogens is 302 g/mol. The Balaban J connectivity index is 2.25. The number of rotatable bonds is 3. The monoisotopic (exact) mass is 320 g/mol. The van der Waals surface area contributed by atoms with Gasteiger partial charge >= 0.3 is 0 Å². The van der Waals surface area contributed by atoms with Gasteiger partial charge in [0.15, 0.2) is 5.82 Å². The molecule has 0 aromatic heterocycles. The standard InChI is InChI=1S/C13H18F2N2O3S/c1-13(2)7-8(5-6-20-13)17-21(18,19)10-4-3-9(14)12(16)11(10)15/h3-4,8,17H,5-7,16H2,1-2H3. The molecule has 1 saturated heterocycles. The Hall–Kier alpha value is -1.25. The van der Waals surface area contributed by atoms with Gasteiger partial charge < -0.3 is 10.5 Å². The Bertz CT molecular complexity index is 647. The van der Waals surface area contributed by atoms with Crippen molar-refractivity contribution in [2.75, 3.05) is 12.3 Å². The number of anilines is 1. The third-order valence-corrected chi connectivity index (χ3v) is 4.94. The molecule has 1 aromatic carbocycles. The number of hydrogen-bond donors (Lipinski definition) is 2. The molecule has 1 aromatic rings. The smallest absolute Gasteiger partial charge is 0.243 e. The lowest BCUT2D eigenvalue weighted by molar-refractivity contribution is -0.0599. The van der Waals surface area contributed by atoms with Crippen LogP contribution >= 0.6 is 0 Å². The van der Waals surface area contributed by atoms with Gasteiger partial charge in [-0.05, 0) is 38.8 Å². The molecule has 5 nitrogen and oxygen atoms in total. The molecule has 0 saturated carbocycles. The van der Waals surface area contributed by atoms with Crippen LogP contribution in [0.4, 0.5) is 14.5 Å². The second-order valence-corrected chi connectivity index (χ2v) is 7.37. The topological polar surface area (TPSA) is 81.4 Å². The molecule has 0 radical (unpaired) electrons. The fraction of sp³-hybridized carbons (Fsp3) is 0.538. The molecule has 118 valence electrons. The molecule has 1 fully saturated rings. The molecule has 0 amide bonds. The van der Waals surface area contributed by atoms with E-state index in [1.165, 1.54) is 0 Å². The van der Waals surface area contributed by atoms with Crippen LogP contribution in [-0.4, -0.2) is 26.7 Å². The van der Waals surface area contributed by atoms with Crippen molar-refractivity contribution in [2.24, 2.45) is 0 Å². The SMILES string of the molecule is CC1(C)CC(NS(=O)(=O)c2ccc(F)c(N)c2F)CCO1. The van der Waals surface area contributed by atoms with Gasteiger partial charge in [-0.25, -0.2) is 21.9 Å². The maximum absolute atomic E-state index is 13.9.